The number of nitrogens with zero attached hydrogens (tertiary/aromatic N) is 5. The molecule has 0 bridgehead atoms. The monoisotopic (exact) mass is 634 g/mol. The lowest BCUT2D eigenvalue weighted by Crippen LogP contribution is -2.54. The Hall–Kier alpha value is -4.63. The largest absolute Gasteiger partial charge is 0.490 e. The third-order valence-electron chi connectivity index (χ3n) is 6.99. The number of fused-ring (bicyclic) bond motifs is 1. The van der Waals surface area contributed by atoms with Crippen LogP contribution in [0.25, 0.3) is 16.9 Å². The molecule has 232 valence electrons. The molecular weight excluding hydrogens is 609 g/mol. The van der Waals surface area contributed by atoms with Gasteiger partial charge in [0.25, 0.3) is 5.56 Å². The van der Waals surface area contributed by atoms with Crippen LogP contribution in [0.4, 0.5) is 19.1 Å². The summed E-state index contributed by atoms with van der Waals surface area (Å²) in [5, 5.41) is 2.90. The number of hydrogen-bond donors (Lipinski definition) is 1. The molecule has 0 aliphatic carbocycles. The molecule has 1 N–H and O–H groups in total. The summed E-state index contributed by atoms with van der Waals surface area (Å²) in [6.07, 6.45) is -6.27. The molecule has 1 unspecified atom stereocenters. The van der Waals surface area contributed by atoms with E-state index in [1.807, 2.05) is 30.3 Å². The highest BCUT2D eigenvalue weighted by atomic mass is 35.5. The minimum atomic E-state index is -5.20. The zero-order valence-electron chi connectivity index (χ0n) is 23.2. The summed E-state index contributed by atoms with van der Waals surface area (Å²) >= 11 is 6.56. The smallest absolute Gasteiger partial charge is 0.468 e. The van der Waals surface area contributed by atoms with E-state index in [9.17, 15) is 32.3 Å². The lowest BCUT2D eigenvalue weighted by molar-refractivity contribution is -0.206. The van der Waals surface area contributed by atoms with E-state index in [4.69, 9.17) is 16.3 Å². The zero-order chi connectivity index (χ0) is 31.6. The highest BCUT2D eigenvalue weighted by Gasteiger charge is 2.43. The molecule has 2 aromatic carbocycles. The first kappa shape index (κ1) is 30.8. The number of rotatable bonds is 8. The number of carbonyl (C=O) groups excluding carboxylic acids is 2. The fourth-order valence-corrected chi connectivity index (χ4v) is 5.11. The Morgan fingerprint density at radius 3 is 2.45 bits per heavy atom. The van der Waals surface area contributed by atoms with E-state index >= 15 is 0 Å². The molecule has 16 heteroatoms. The van der Waals surface area contributed by atoms with Gasteiger partial charge < -0.3 is 14.4 Å². The van der Waals surface area contributed by atoms with Crippen LogP contribution in [0.1, 0.15) is 5.56 Å². The van der Waals surface area contributed by atoms with Crippen LogP contribution >= 0.6 is 11.6 Å². The highest BCUT2D eigenvalue weighted by Crippen LogP contribution is 2.30. The van der Waals surface area contributed by atoms with E-state index in [0.717, 1.165) is 21.8 Å². The molecule has 3 heterocycles. The first-order valence-electron chi connectivity index (χ1n) is 13.4. The van der Waals surface area contributed by atoms with Crippen molar-refractivity contribution in [3.63, 3.8) is 0 Å². The van der Waals surface area contributed by atoms with Crippen molar-refractivity contribution >= 4 is 40.7 Å². The molecule has 4 aromatic rings. The molecule has 1 atom stereocenters. The number of halogens is 4. The summed E-state index contributed by atoms with van der Waals surface area (Å²) in [5.41, 5.74) is -0.666. The number of carbonyl (C=O) groups is 2. The van der Waals surface area contributed by atoms with Crippen LogP contribution < -0.4 is 21.5 Å². The summed E-state index contributed by atoms with van der Waals surface area (Å²) in [6.45, 7) is -0.664. The third-order valence-corrected chi connectivity index (χ3v) is 7.30. The van der Waals surface area contributed by atoms with Crippen molar-refractivity contribution in [3.8, 4) is 5.69 Å². The van der Waals surface area contributed by atoms with Crippen molar-refractivity contribution in [3.05, 3.63) is 86.0 Å². The van der Waals surface area contributed by atoms with E-state index in [0.29, 0.717) is 6.42 Å². The number of piperazine rings is 1. The molecule has 0 spiro atoms. The number of imidazole rings is 1. The molecule has 1 saturated heterocycles. The predicted molar refractivity (Wildman–Crippen MR) is 153 cm³/mol. The Kier molecular flexibility index (Phi) is 8.78. The van der Waals surface area contributed by atoms with Gasteiger partial charge in [0.05, 0.1) is 24.4 Å². The summed E-state index contributed by atoms with van der Waals surface area (Å²) < 4.78 is 51.5. The molecule has 44 heavy (non-hydrogen) atoms. The maximum Gasteiger partial charge on any atom is 0.490 e. The fraction of sp³-hybridized carbons (Fsp3) is 0.321. The third kappa shape index (κ3) is 6.19. The van der Waals surface area contributed by atoms with Crippen molar-refractivity contribution in [1.29, 1.82) is 0 Å². The normalized spacial score (nSPS) is 15.4. The quantitative estimate of drug-likeness (QED) is 0.290. The Bertz CT molecular complexity index is 1820. The first-order valence-corrected chi connectivity index (χ1v) is 13.7. The number of benzene rings is 2. The van der Waals surface area contributed by atoms with Gasteiger partial charge in [-0.25, -0.2) is 9.59 Å². The number of aryl methyl sites for hydroxylation is 1. The molecule has 1 aliphatic rings. The number of nitrogens with one attached hydrogen (secondary N) is 1. The number of ether oxygens (including phenoxy) is 2. The number of hydrogen-bond acceptors (Lipinski definition) is 9. The van der Waals surface area contributed by atoms with Crippen molar-refractivity contribution in [2.75, 3.05) is 31.6 Å². The van der Waals surface area contributed by atoms with Crippen LogP contribution in [0.3, 0.4) is 0 Å². The lowest BCUT2D eigenvalue weighted by Gasteiger charge is -2.34. The van der Waals surface area contributed by atoms with Gasteiger partial charge in [-0.15, -0.1) is 0 Å². The Morgan fingerprint density at radius 1 is 1.07 bits per heavy atom. The molecule has 1 fully saturated rings. The molecule has 2 aromatic heterocycles. The summed E-state index contributed by atoms with van der Waals surface area (Å²) in [4.78, 5) is 57.8. The van der Waals surface area contributed by atoms with Gasteiger partial charge in [-0.1, -0.05) is 54.1 Å². The second-order valence-corrected chi connectivity index (χ2v) is 10.2. The van der Waals surface area contributed by atoms with Gasteiger partial charge in [0.15, 0.2) is 17.4 Å². The molecular formula is C28H26ClF3N6O6. The fourth-order valence-electron chi connectivity index (χ4n) is 4.89. The average Bonchev–Trinajstić information content (AvgIpc) is 3.40. The maximum atomic E-state index is 14.1. The van der Waals surface area contributed by atoms with Crippen LogP contribution in [-0.2, 0) is 38.6 Å². The number of methoxy groups -OCH3 is 1. The molecule has 1 aliphatic heterocycles. The standard InChI is InChI=1S/C28H26ClF3N6O6/c1-43-21(39)16-37-23-22(24(40)36(27(37)42)13-11-17-7-3-2-4-8-17)38(19-10-6-5-9-18(19)29)26(34-23)35-14-12-33-20(15-35)44-25(41)28(30,31)32/h2-10,20,33H,11-16H2,1H3. The SMILES string of the molecule is COC(=O)Cn1c(=O)n(CCc2ccccc2)c(=O)c2c1nc(N1CCNC(OC(=O)C(F)(F)F)C1)n2-c1ccccc1Cl. The molecule has 5 rings (SSSR count). The van der Waals surface area contributed by atoms with Gasteiger partial charge >= 0.3 is 23.8 Å². The first-order chi connectivity index (χ1) is 21.0. The predicted octanol–water partition coefficient (Wildman–Crippen LogP) is 2.26. The zero-order valence-corrected chi connectivity index (χ0v) is 24.0. The highest BCUT2D eigenvalue weighted by molar-refractivity contribution is 6.32. The molecule has 0 saturated carbocycles. The second-order valence-electron chi connectivity index (χ2n) is 9.80. The minimum absolute atomic E-state index is 0.0265. The molecule has 0 amide bonds. The van der Waals surface area contributed by atoms with Crippen molar-refractivity contribution < 1.29 is 32.2 Å². The van der Waals surface area contributed by atoms with E-state index in [1.165, 1.54) is 9.47 Å². The molecule has 0 radical (unpaired) electrons. The summed E-state index contributed by atoms with van der Waals surface area (Å²) in [7, 11) is 1.15. The number of aromatic nitrogens is 4. The van der Waals surface area contributed by atoms with Gasteiger partial charge in [-0.2, -0.15) is 18.2 Å². The maximum absolute atomic E-state index is 14.1. The topological polar surface area (TPSA) is 130 Å². The lowest BCUT2D eigenvalue weighted by atomic mass is 10.1. The minimum Gasteiger partial charge on any atom is -0.468 e. The van der Waals surface area contributed by atoms with Crippen molar-refractivity contribution in [1.82, 2.24) is 24.0 Å². The van der Waals surface area contributed by atoms with Gasteiger partial charge in [0, 0.05) is 19.6 Å². The number of alkyl halides is 3. The Labute approximate surface area is 252 Å². The van der Waals surface area contributed by atoms with Crippen LogP contribution in [0.5, 0.6) is 0 Å². The van der Waals surface area contributed by atoms with Crippen molar-refractivity contribution in [2.45, 2.75) is 31.9 Å². The summed E-state index contributed by atoms with van der Waals surface area (Å²) in [6, 6.07) is 15.6. The second kappa shape index (κ2) is 12.5. The van der Waals surface area contributed by atoms with Crippen LogP contribution in [0.15, 0.2) is 64.2 Å². The Balaban J connectivity index is 1.71. The van der Waals surface area contributed by atoms with Gasteiger partial charge in [-0.05, 0) is 24.1 Å². The van der Waals surface area contributed by atoms with Crippen LogP contribution in [0, 0.1) is 0 Å². The van der Waals surface area contributed by atoms with Crippen molar-refractivity contribution in [2.24, 2.45) is 0 Å². The van der Waals surface area contributed by atoms with Crippen LogP contribution in [-0.4, -0.2) is 69.8 Å². The van der Waals surface area contributed by atoms with Gasteiger partial charge in [0.2, 0.25) is 5.95 Å². The van der Waals surface area contributed by atoms with Crippen LogP contribution in [0.2, 0.25) is 5.02 Å². The van der Waals surface area contributed by atoms with E-state index in [1.54, 1.807) is 24.3 Å². The van der Waals surface area contributed by atoms with E-state index < -0.39 is 42.1 Å². The molecule has 12 nitrogen and oxygen atoms in total. The van der Waals surface area contributed by atoms with Gasteiger partial charge in [-0.3, -0.25) is 28.6 Å². The number of esters is 2. The van der Waals surface area contributed by atoms with E-state index in [2.05, 4.69) is 15.0 Å². The van der Waals surface area contributed by atoms with E-state index in [-0.39, 0.29) is 54.0 Å². The Morgan fingerprint density at radius 2 is 1.77 bits per heavy atom. The summed E-state index contributed by atoms with van der Waals surface area (Å²) in [5.74, 6) is -3.12. The average molecular weight is 635 g/mol. The number of para-hydroxylation sites is 1. The number of anilines is 1. The van der Waals surface area contributed by atoms with Gasteiger partial charge in [0.1, 0.15) is 6.54 Å².